The van der Waals surface area contributed by atoms with Crippen LogP contribution in [0, 0.1) is 0 Å². The average molecular weight is 216 g/mol. The lowest BCUT2D eigenvalue weighted by atomic mass is 10.1. The zero-order valence-electron chi connectivity index (χ0n) is 9.53. The van der Waals surface area contributed by atoms with Crippen LogP contribution in [0.15, 0.2) is 42.5 Å². The molecule has 0 amide bonds. The predicted octanol–water partition coefficient (Wildman–Crippen LogP) is 3.48. The lowest BCUT2D eigenvalue weighted by molar-refractivity contribution is 0.174. The van der Waals surface area contributed by atoms with E-state index in [0.29, 0.717) is 6.79 Å². The number of allylic oxidation sites excluding steroid dienone is 3. The van der Waals surface area contributed by atoms with Gasteiger partial charge in [-0.1, -0.05) is 30.4 Å². The molecular weight excluding hydrogens is 200 g/mol. The molecule has 0 aromatic heterocycles. The van der Waals surface area contributed by atoms with Gasteiger partial charge in [-0.2, -0.15) is 0 Å². The number of rotatable bonds is 4. The fourth-order valence-corrected chi connectivity index (χ4v) is 1.65. The molecule has 0 atom stereocenters. The molecule has 0 unspecified atom stereocenters. The van der Waals surface area contributed by atoms with Crippen LogP contribution in [0.2, 0.25) is 0 Å². The van der Waals surface area contributed by atoms with Crippen LogP contribution in [-0.4, -0.2) is 6.79 Å². The van der Waals surface area contributed by atoms with E-state index in [9.17, 15) is 0 Å². The van der Waals surface area contributed by atoms with Crippen LogP contribution in [0.1, 0.15) is 18.9 Å². The lowest BCUT2D eigenvalue weighted by Gasteiger charge is -2.01. The second kappa shape index (κ2) is 4.88. The molecule has 0 aliphatic carbocycles. The number of hydrogen-bond acceptors (Lipinski definition) is 2. The summed E-state index contributed by atoms with van der Waals surface area (Å²) in [6.45, 7) is 6.13. The summed E-state index contributed by atoms with van der Waals surface area (Å²) in [6, 6.07) is 6.12. The van der Waals surface area contributed by atoms with E-state index in [2.05, 4.69) is 31.7 Å². The summed E-state index contributed by atoms with van der Waals surface area (Å²) in [6.07, 6.45) is 6.11. The maximum atomic E-state index is 5.33. The van der Waals surface area contributed by atoms with Crippen molar-refractivity contribution in [2.45, 2.75) is 19.8 Å². The van der Waals surface area contributed by atoms with Crippen molar-refractivity contribution in [1.29, 1.82) is 0 Å². The van der Waals surface area contributed by atoms with E-state index in [4.69, 9.17) is 9.47 Å². The van der Waals surface area contributed by atoms with Crippen molar-refractivity contribution in [2.75, 3.05) is 6.79 Å². The van der Waals surface area contributed by atoms with Crippen molar-refractivity contribution in [3.05, 3.63) is 48.1 Å². The average Bonchev–Trinajstić information content (AvgIpc) is 2.76. The summed E-state index contributed by atoms with van der Waals surface area (Å²) < 4.78 is 10.6. The van der Waals surface area contributed by atoms with E-state index in [1.54, 1.807) is 0 Å². The van der Waals surface area contributed by atoms with Crippen LogP contribution in [0.25, 0.3) is 0 Å². The first-order chi connectivity index (χ1) is 7.79. The van der Waals surface area contributed by atoms with Crippen molar-refractivity contribution in [3.8, 4) is 11.5 Å². The van der Waals surface area contributed by atoms with Gasteiger partial charge >= 0.3 is 0 Å². The number of benzene rings is 1. The Morgan fingerprint density at radius 1 is 1.38 bits per heavy atom. The summed E-state index contributed by atoms with van der Waals surface area (Å²) in [7, 11) is 0. The molecule has 1 heterocycles. The smallest absolute Gasteiger partial charge is 0.231 e. The Balaban J connectivity index is 1.98. The normalized spacial score (nSPS) is 13.9. The van der Waals surface area contributed by atoms with Crippen molar-refractivity contribution in [2.24, 2.45) is 0 Å². The molecular formula is C14H16O2. The molecule has 1 aromatic carbocycles. The first-order valence-electron chi connectivity index (χ1n) is 5.47. The molecule has 0 fully saturated rings. The zero-order valence-corrected chi connectivity index (χ0v) is 9.53. The van der Waals surface area contributed by atoms with E-state index in [1.807, 2.05) is 12.1 Å². The van der Waals surface area contributed by atoms with Crippen molar-refractivity contribution in [1.82, 2.24) is 0 Å². The molecule has 2 nitrogen and oxygen atoms in total. The Labute approximate surface area is 96.2 Å². The maximum absolute atomic E-state index is 5.33. The van der Waals surface area contributed by atoms with Crippen LogP contribution in [0.4, 0.5) is 0 Å². The molecule has 84 valence electrons. The van der Waals surface area contributed by atoms with E-state index in [0.717, 1.165) is 24.3 Å². The summed E-state index contributed by atoms with van der Waals surface area (Å²) >= 11 is 0. The van der Waals surface area contributed by atoms with Crippen LogP contribution >= 0.6 is 0 Å². The topological polar surface area (TPSA) is 18.5 Å². The molecule has 16 heavy (non-hydrogen) atoms. The van der Waals surface area contributed by atoms with Gasteiger partial charge in [0.25, 0.3) is 0 Å². The van der Waals surface area contributed by atoms with Gasteiger partial charge in [-0.05, 0) is 37.5 Å². The highest BCUT2D eigenvalue weighted by molar-refractivity contribution is 5.44. The SMILES string of the molecule is C=CC(C)=CCCc1ccc2c(c1)OCO2. The van der Waals surface area contributed by atoms with E-state index in [-0.39, 0.29) is 0 Å². The molecule has 0 saturated carbocycles. The Morgan fingerprint density at radius 2 is 2.19 bits per heavy atom. The van der Waals surface area contributed by atoms with Gasteiger partial charge in [0.05, 0.1) is 0 Å². The van der Waals surface area contributed by atoms with Crippen LogP contribution in [0.3, 0.4) is 0 Å². The maximum Gasteiger partial charge on any atom is 0.231 e. The Morgan fingerprint density at radius 3 is 3.00 bits per heavy atom. The lowest BCUT2D eigenvalue weighted by Crippen LogP contribution is -1.92. The van der Waals surface area contributed by atoms with Gasteiger partial charge < -0.3 is 9.47 Å². The third kappa shape index (κ3) is 2.45. The van der Waals surface area contributed by atoms with Crippen molar-refractivity contribution >= 4 is 0 Å². The fourth-order valence-electron chi connectivity index (χ4n) is 1.65. The highest BCUT2D eigenvalue weighted by Crippen LogP contribution is 2.32. The number of fused-ring (bicyclic) bond motifs is 1. The second-order valence-electron chi connectivity index (χ2n) is 3.88. The highest BCUT2D eigenvalue weighted by Gasteiger charge is 2.12. The van der Waals surface area contributed by atoms with Crippen LogP contribution in [0.5, 0.6) is 11.5 Å². The molecule has 1 aromatic rings. The minimum atomic E-state index is 0.342. The summed E-state index contributed by atoms with van der Waals surface area (Å²) in [5.41, 5.74) is 2.50. The standard InChI is InChI=1S/C14H16O2/c1-3-11(2)5-4-6-12-7-8-13-14(9-12)16-10-15-13/h3,5,7-9H,1,4,6,10H2,2H3. The second-order valence-corrected chi connectivity index (χ2v) is 3.88. The van der Waals surface area contributed by atoms with Gasteiger partial charge in [0.1, 0.15) is 0 Å². The van der Waals surface area contributed by atoms with Crippen molar-refractivity contribution in [3.63, 3.8) is 0 Å². The van der Waals surface area contributed by atoms with E-state index < -0.39 is 0 Å². The molecule has 0 N–H and O–H groups in total. The van der Waals surface area contributed by atoms with Crippen LogP contribution < -0.4 is 9.47 Å². The Bertz CT molecular complexity index is 419. The first-order valence-corrected chi connectivity index (χ1v) is 5.47. The molecule has 1 aliphatic heterocycles. The van der Waals surface area contributed by atoms with Gasteiger partial charge in [0, 0.05) is 0 Å². The highest BCUT2D eigenvalue weighted by atomic mass is 16.7. The van der Waals surface area contributed by atoms with Gasteiger partial charge in [-0.15, -0.1) is 0 Å². The monoisotopic (exact) mass is 216 g/mol. The molecule has 2 rings (SSSR count). The molecule has 0 radical (unpaired) electrons. The van der Waals surface area contributed by atoms with E-state index in [1.165, 1.54) is 11.1 Å². The third-order valence-electron chi connectivity index (χ3n) is 2.66. The Hall–Kier alpha value is -1.70. The molecule has 0 bridgehead atoms. The summed E-state index contributed by atoms with van der Waals surface area (Å²) in [5, 5.41) is 0. The predicted molar refractivity (Wildman–Crippen MR) is 64.8 cm³/mol. The fraction of sp³-hybridized carbons (Fsp3) is 0.286. The molecule has 0 saturated heterocycles. The molecule has 2 heteroatoms. The quantitative estimate of drug-likeness (QED) is 0.717. The van der Waals surface area contributed by atoms with Gasteiger partial charge in [0.2, 0.25) is 6.79 Å². The summed E-state index contributed by atoms with van der Waals surface area (Å²) in [5.74, 6) is 1.71. The Kier molecular flexibility index (Phi) is 3.30. The molecule has 1 aliphatic rings. The first kappa shape index (κ1) is 10.8. The minimum absolute atomic E-state index is 0.342. The number of hydrogen-bond donors (Lipinski definition) is 0. The van der Waals surface area contributed by atoms with Gasteiger partial charge in [0.15, 0.2) is 11.5 Å². The number of ether oxygens (including phenoxy) is 2. The largest absolute Gasteiger partial charge is 0.454 e. The van der Waals surface area contributed by atoms with Gasteiger partial charge in [-0.25, -0.2) is 0 Å². The van der Waals surface area contributed by atoms with Gasteiger partial charge in [-0.3, -0.25) is 0 Å². The third-order valence-corrected chi connectivity index (χ3v) is 2.66. The zero-order chi connectivity index (χ0) is 11.4. The van der Waals surface area contributed by atoms with Crippen LogP contribution in [-0.2, 0) is 6.42 Å². The van der Waals surface area contributed by atoms with Crippen molar-refractivity contribution < 1.29 is 9.47 Å². The molecule has 0 spiro atoms. The number of aryl methyl sites for hydroxylation is 1. The van der Waals surface area contributed by atoms with E-state index >= 15 is 0 Å². The minimum Gasteiger partial charge on any atom is -0.454 e. The summed E-state index contributed by atoms with van der Waals surface area (Å²) in [4.78, 5) is 0.